The van der Waals surface area contributed by atoms with Crippen molar-refractivity contribution in [2.24, 2.45) is 0 Å². The lowest BCUT2D eigenvalue weighted by Crippen LogP contribution is -2.31. The Morgan fingerprint density at radius 1 is 0.258 bits per heavy atom. The van der Waals surface area contributed by atoms with Gasteiger partial charge in [0.05, 0.1) is 79.1 Å². The molecule has 0 aliphatic heterocycles. The summed E-state index contributed by atoms with van der Waals surface area (Å²) in [5.74, 6) is 3.42. The van der Waals surface area contributed by atoms with E-state index in [1.807, 2.05) is 72.8 Å². The van der Waals surface area contributed by atoms with E-state index in [4.69, 9.17) is 37.9 Å². The second-order valence-corrected chi connectivity index (χ2v) is 14.3. The first-order chi connectivity index (χ1) is 30.2. The van der Waals surface area contributed by atoms with E-state index in [-0.39, 0.29) is 0 Å². The summed E-state index contributed by atoms with van der Waals surface area (Å²) < 4.78 is 46.5. The highest BCUT2D eigenvalue weighted by Gasteiger charge is 2.45. The van der Waals surface area contributed by atoms with Crippen molar-refractivity contribution in [1.29, 1.82) is 0 Å². The van der Waals surface area contributed by atoms with Crippen LogP contribution in [0, 0.1) is 0 Å². The van der Waals surface area contributed by atoms with E-state index in [1.54, 1.807) is 130 Å². The Hall–Kier alpha value is -7.14. The van der Waals surface area contributed by atoms with Gasteiger partial charge in [0.15, 0.2) is 11.2 Å². The molecule has 7 aromatic rings. The van der Waals surface area contributed by atoms with Crippen molar-refractivity contribution in [3.05, 3.63) is 179 Å². The van der Waals surface area contributed by atoms with Crippen LogP contribution in [0.3, 0.4) is 0 Å². The van der Waals surface area contributed by atoms with Gasteiger partial charge in [-0.05, 0) is 81.9 Å². The van der Waals surface area contributed by atoms with Crippen molar-refractivity contribution in [2.75, 3.05) is 56.9 Å². The molecule has 0 heterocycles. The van der Waals surface area contributed by atoms with E-state index in [9.17, 15) is 10.2 Å². The summed E-state index contributed by atoms with van der Waals surface area (Å²) in [7, 11) is 12.4. The van der Waals surface area contributed by atoms with Gasteiger partial charge >= 0.3 is 0 Å². The molecule has 0 saturated carbocycles. The molecule has 0 aliphatic rings. The standard InChI is InChI=1S/C52H50O10/c1-55-39-13-9-14-40(56-2)47(39)51(53,48-41(57-3)15-10-16-42(48)58-4)37-29-25-35(26-30-37)33-21-23-34(24-22-33)36-27-31-38(32-28-36)52(54,49-43(59-5)17-11-18-44(49)60-6)50-45(61-7)19-12-20-46(50)62-8/h9-32,53-54H,1-8H3. The second-order valence-electron chi connectivity index (χ2n) is 14.3. The van der Waals surface area contributed by atoms with Crippen LogP contribution in [0.1, 0.15) is 33.4 Å². The maximum absolute atomic E-state index is 13.1. The highest BCUT2D eigenvalue weighted by Crippen LogP contribution is 2.53. The van der Waals surface area contributed by atoms with Gasteiger partial charge < -0.3 is 48.1 Å². The van der Waals surface area contributed by atoms with E-state index < -0.39 is 11.2 Å². The molecule has 0 spiro atoms. The number of aliphatic hydroxyl groups is 2. The molecule has 0 bridgehead atoms. The van der Waals surface area contributed by atoms with E-state index >= 15 is 0 Å². The largest absolute Gasteiger partial charge is 0.496 e. The lowest BCUT2D eigenvalue weighted by molar-refractivity contribution is 0.111. The zero-order valence-corrected chi connectivity index (χ0v) is 36.0. The number of methoxy groups -OCH3 is 8. The zero-order chi connectivity index (χ0) is 44.0. The second kappa shape index (κ2) is 18.2. The Bertz CT molecular complexity index is 2250. The van der Waals surface area contributed by atoms with Crippen LogP contribution in [0.15, 0.2) is 146 Å². The summed E-state index contributed by atoms with van der Waals surface area (Å²) >= 11 is 0. The minimum Gasteiger partial charge on any atom is -0.496 e. The quantitative estimate of drug-likeness (QED) is 0.0913. The maximum atomic E-state index is 13.1. The van der Waals surface area contributed by atoms with Crippen LogP contribution in [0.4, 0.5) is 0 Å². The molecular formula is C52H50O10. The Labute approximate surface area is 362 Å². The fraction of sp³-hybridized carbons (Fsp3) is 0.192. The zero-order valence-electron chi connectivity index (χ0n) is 36.0. The molecule has 7 rings (SSSR count). The smallest absolute Gasteiger partial charge is 0.154 e. The van der Waals surface area contributed by atoms with Crippen molar-refractivity contribution in [3.63, 3.8) is 0 Å². The number of benzene rings is 7. The average molecular weight is 835 g/mol. The summed E-state index contributed by atoms with van der Waals surface area (Å²) in [6.45, 7) is 0. The van der Waals surface area contributed by atoms with E-state index in [0.29, 0.717) is 79.4 Å². The molecule has 62 heavy (non-hydrogen) atoms. The molecule has 0 fully saturated rings. The van der Waals surface area contributed by atoms with E-state index in [1.165, 1.54) is 0 Å². The Morgan fingerprint density at radius 3 is 0.581 bits per heavy atom. The number of hydrogen-bond donors (Lipinski definition) is 2. The van der Waals surface area contributed by atoms with E-state index in [0.717, 1.165) is 22.3 Å². The van der Waals surface area contributed by atoms with Gasteiger partial charge in [0.1, 0.15) is 46.0 Å². The topological polar surface area (TPSA) is 114 Å². The molecule has 0 unspecified atom stereocenters. The first-order valence-corrected chi connectivity index (χ1v) is 19.8. The number of rotatable bonds is 16. The summed E-state index contributed by atoms with van der Waals surface area (Å²) in [6.07, 6.45) is 0. The molecule has 10 nitrogen and oxygen atoms in total. The normalized spacial score (nSPS) is 11.4. The third kappa shape index (κ3) is 7.37. The average Bonchev–Trinajstić information content (AvgIpc) is 3.34. The van der Waals surface area contributed by atoms with Gasteiger partial charge in [0.2, 0.25) is 0 Å². The highest BCUT2D eigenvalue weighted by molar-refractivity contribution is 5.73. The number of hydrogen-bond acceptors (Lipinski definition) is 10. The third-order valence-corrected chi connectivity index (χ3v) is 11.3. The van der Waals surface area contributed by atoms with Crippen LogP contribution in [0.5, 0.6) is 46.0 Å². The summed E-state index contributed by atoms with van der Waals surface area (Å²) in [4.78, 5) is 0. The van der Waals surface area contributed by atoms with Gasteiger partial charge in [0, 0.05) is 0 Å². The van der Waals surface area contributed by atoms with Crippen molar-refractivity contribution < 1.29 is 48.1 Å². The Balaban J connectivity index is 1.27. The van der Waals surface area contributed by atoms with Gasteiger partial charge in [-0.2, -0.15) is 0 Å². The molecule has 0 atom stereocenters. The predicted octanol–water partition coefficient (Wildman–Crippen LogP) is 9.66. The monoisotopic (exact) mass is 834 g/mol. The highest BCUT2D eigenvalue weighted by atomic mass is 16.5. The van der Waals surface area contributed by atoms with Gasteiger partial charge in [-0.3, -0.25) is 0 Å². The molecule has 0 amide bonds. The lowest BCUT2D eigenvalue weighted by Gasteiger charge is -2.34. The van der Waals surface area contributed by atoms with Crippen LogP contribution in [-0.2, 0) is 11.2 Å². The van der Waals surface area contributed by atoms with Gasteiger partial charge in [-0.15, -0.1) is 0 Å². The maximum Gasteiger partial charge on any atom is 0.154 e. The van der Waals surface area contributed by atoms with Crippen LogP contribution < -0.4 is 37.9 Å². The van der Waals surface area contributed by atoms with E-state index in [2.05, 4.69) is 0 Å². The number of ether oxygens (including phenoxy) is 8. The summed E-state index contributed by atoms with van der Waals surface area (Å²) in [5, 5.41) is 26.3. The minimum absolute atomic E-state index is 0.401. The summed E-state index contributed by atoms with van der Waals surface area (Å²) in [5.41, 5.74) is 2.82. The third-order valence-electron chi connectivity index (χ3n) is 11.3. The SMILES string of the molecule is COc1cccc(OC)c1C(O)(c1ccc(-c2ccc(-c3ccc(C(O)(c4c(OC)cccc4OC)c4c(OC)cccc4OC)cc3)cc2)cc1)c1c(OC)cccc1OC. The Kier molecular flexibility index (Phi) is 12.6. The molecule has 0 aliphatic carbocycles. The minimum atomic E-state index is -1.83. The lowest BCUT2D eigenvalue weighted by atomic mass is 9.78. The predicted molar refractivity (Wildman–Crippen MR) is 240 cm³/mol. The van der Waals surface area contributed by atoms with Crippen LogP contribution in [0.25, 0.3) is 22.3 Å². The molecule has 2 N–H and O–H groups in total. The van der Waals surface area contributed by atoms with Crippen LogP contribution in [0.2, 0.25) is 0 Å². The van der Waals surface area contributed by atoms with Crippen molar-refractivity contribution in [2.45, 2.75) is 11.2 Å². The molecule has 0 saturated heterocycles. The Morgan fingerprint density at radius 2 is 0.419 bits per heavy atom. The van der Waals surface area contributed by atoms with Crippen molar-refractivity contribution >= 4 is 0 Å². The fourth-order valence-corrected chi connectivity index (χ4v) is 8.32. The molecule has 10 heteroatoms. The van der Waals surface area contributed by atoms with Crippen LogP contribution >= 0.6 is 0 Å². The first kappa shape index (κ1) is 43.0. The summed E-state index contributed by atoms with van der Waals surface area (Å²) in [6, 6.07) is 45.1. The molecule has 7 aromatic carbocycles. The molecular weight excluding hydrogens is 785 g/mol. The van der Waals surface area contributed by atoms with Gasteiger partial charge in [-0.25, -0.2) is 0 Å². The van der Waals surface area contributed by atoms with Gasteiger partial charge in [-0.1, -0.05) is 97.1 Å². The molecule has 318 valence electrons. The van der Waals surface area contributed by atoms with Gasteiger partial charge in [0.25, 0.3) is 0 Å². The first-order valence-electron chi connectivity index (χ1n) is 19.8. The van der Waals surface area contributed by atoms with Crippen molar-refractivity contribution in [3.8, 4) is 68.2 Å². The fourth-order valence-electron chi connectivity index (χ4n) is 8.32. The van der Waals surface area contributed by atoms with Crippen molar-refractivity contribution in [1.82, 2.24) is 0 Å². The molecule has 0 aromatic heterocycles. The molecule has 0 radical (unpaired) electrons. The van der Waals surface area contributed by atoms with Crippen LogP contribution in [-0.4, -0.2) is 67.1 Å².